The van der Waals surface area contributed by atoms with Gasteiger partial charge in [-0.2, -0.15) is 0 Å². The second kappa shape index (κ2) is 7.58. The van der Waals surface area contributed by atoms with Crippen molar-refractivity contribution in [1.82, 2.24) is 10.2 Å². The van der Waals surface area contributed by atoms with Crippen molar-refractivity contribution in [3.63, 3.8) is 0 Å². The van der Waals surface area contributed by atoms with E-state index in [0.29, 0.717) is 13.2 Å². The standard InChI is InChI=1S/C17H22ClFN2O4/c1-16(2,3)25-15(23)20-17(19,12-5-4-6-13(18)11-12)14(22)21-7-9-24-10-8-21/h4-6,11H,7-10H2,1-3H3,(H,20,23). The van der Waals surface area contributed by atoms with E-state index in [9.17, 15) is 9.59 Å². The zero-order valence-electron chi connectivity index (χ0n) is 14.5. The average Bonchev–Trinajstić information content (AvgIpc) is 2.53. The number of alkyl carbamates (subject to hydrolysis) is 1. The van der Waals surface area contributed by atoms with Gasteiger partial charge in [-0.05, 0) is 32.9 Å². The average molecular weight is 373 g/mol. The fourth-order valence-electron chi connectivity index (χ4n) is 2.38. The SMILES string of the molecule is CC(C)(C)OC(=O)NC(F)(C(=O)N1CCOCC1)c1cccc(Cl)c1. The van der Waals surface area contributed by atoms with Crippen molar-refractivity contribution in [3.05, 3.63) is 34.9 Å². The molecule has 1 atom stereocenters. The molecule has 1 aliphatic heterocycles. The predicted molar refractivity (Wildman–Crippen MR) is 91.0 cm³/mol. The summed E-state index contributed by atoms with van der Waals surface area (Å²) in [7, 11) is 0. The minimum Gasteiger partial charge on any atom is -0.444 e. The largest absolute Gasteiger partial charge is 0.444 e. The number of halogens is 2. The molecule has 1 aromatic rings. The molecular formula is C17H22ClFN2O4. The van der Waals surface area contributed by atoms with Gasteiger partial charge in [0.2, 0.25) is 0 Å². The Balaban J connectivity index is 2.33. The smallest absolute Gasteiger partial charge is 0.410 e. The van der Waals surface area contributed by atoms with Crippen molar-refractivity contribution in [2.24, 2.45) is 0 Å². The molecule has 2 rings (SSSR count). The molecule has 1 saturated heterocycles. The number of amides is 2. The highest BCUT2D eigenvalue weighted by Gasteiger charge is 2.46. The second-order valence-electron chi connectivity index (χ2n) is 6.70. The molecule has 0 radical (unpaired) electrons. The first kappa shape index (κ1) is 19.5. The summed E-state index contributed by atoms with van der Waals surface area (Å²) in [6.07, 6.45) is -1.03. The second-order valence-corrected chi connectivity index (χ2v) is 7.14. The van der Waals surface area contributed by atoms with Crippen LogP contribution in [-0.2, 0) is 20.1 Å². The molecule has 1 aromatic carbocycles. The summed E-state index contributed by atoms with van der Waals surface area (Å²) < 4.78 is 26.1. The molecule has 0 bridgehead atoms. The molecule has 25 heavy (non-hydrogen) atoms. The zero-order chi connectivity index (χ0) is 18.7. The molecule has 138 valence electrons. The summed E-state index contributed by atoms with van der Waals surface area (Å²) in [5.74, 6) is -3.67. The maximum atomic E-state index is 15.8. The Bertz CT molecular complexity index is 644. The minimum atomic E-state index is -2.79. The normalized spacial score (nSPS) is 17.6. The van der Waals surface area contributed by atoms with Crippen LogP contribution in [0.15, 0.2) is 24.3 Å². The van der Waals surface area contributed by atoms with Crippen molar-refractivity contribution >= 4 is 23.6 Å². The highest BCUT2D eigenvalue weighted by molar-refractivity contribution is 6.30. The maximum absolute atomic E-state index is 15.8. The Labute approximate surface area is 151 Å². The van der Waals surface area contributed by atoms with Gasteiger partial charge in [0.05, 0.1) is 13.2 Å². The third kappa shape index (κ3) is 5.06. The number of hydrogen-bond donors (Lipinski definition) is 1. The number of alkyl halides is 1. The Morgan fingerprint density at radius 1 is 1.28 bits per heavy atom. The summed E-state index contributed by atoms with van der Waals surface area (Å²) in [5, 5.41) is 2.32. The van der Waals surface area contributed by atoms with E-state index in [2.05, 4.69) is 5.32 Å². The van der Waals surface area contributed by atoms with E-state index in [4.69, 9.17) is 21.1 Å². The Hall–Kier alpha value is -1.86. The number of ether oxygens (including phenoxy) is 2. The molecule has 0 aliphatic carbocycles. The number of hydrogen-bond acceptors (Lipinski definition) is 4. The molecule has 0 spiro atoms. The first-order valence-electron chi connectivity index (χ1n) is 7.95. The van der Waals surface area contributed by atoms with E-state index in [0.717, 1.165) is 0 Å². The van der Waals surface area contributed by atoms with Crippen molar-refractivity contribution in [2.75, 3.05) is 26.3 Å². The van der Waals surface area contributed by atoms with E-state index in [1.165, 1.54) is 23.1 Å². The van der Waals surface area contributed by atoms with Crippen LogP contribution in [0.1, 0.15) is 26.3 Å². The lowest BCUT2D eigenvalue weighted by molar-refractivity contribution is -0.151. The van der Waals surface area contributed by atoms with E-state index in [-0.39, 0.29) is 23.7 Å². The predicted octanol–water partition coefficient (Wildman–Crippen LogP) is 2.85. The first-order valence-corrected chi connectivity index (χ1v) is 8.33. The van der Waals surface area contributed by atoms with Crippen molar-refractivity contribution in [1.29, 1.82) is 0 Å². The van der Waals surface area contributed by atoms with Gasteiger partial charge < -0.3 is 14.4 Å². The van der Waals surface area contributed by atoms with Crippen LogP contribution in [0.25, 0.3) is 0 Å². The lowest BCUT2D eigenvalue weighted by atomic mass is 10.0. The third-order valence-electron chi connectivity index (χ3n) is 3.49. The van der Waals surface area contributed by atoms with Crippen LogP contribution in [0.5, 0.6) is 0 Å². The van der Waals surface area contributed by atoms with Gasteiger partial charge in [0.25, 0.3) is 11.7 Å². The molecule has 6 nitrogen and oxygen atoms in total. The van der Waals surface area contributed by atoms with Gasteiger partial charge in [0.15, 0.2) is 0 Å². The fourth-order valence-corrected chi connectivity index (χ4v) is 2.57. The molecule has 8 heteroatoms. The number of carbonyl (C=O) groups excluding carboxylic acids is 2. The molecule has 1 fully saturated rings. The summed E-state index contributed by atoms with van der Waals surface area (Å²) >= 11 is 5.93. The Kier molecular flexibility index (Phi) is 5.90. The van der Waals surface area contributed by atoms with Gasteiger partial charge in [-0.15, -0.1) is 0 Å². The molecule has 0 aromatic heterocycles. The number of morpholine rings is 1. The monoisotopic (exact) mass is 372 g/mol. The number of benzene rings is 1. The summed E-state index contributed by atoms with van der Waals surface area (Å²) in [5.41, 5.74) is -0.899. The van der Waals surface area contributed by atoms with E-state index in [1.54, 1.807) is 26.8 Å². The van der Waals surface area contributed by atoms with Gasteiger partial charge in [-0.1, -0.05) is 23.7 Å². The molecular weight excluding hydrogens is 351 g/mol. The summed E-state index contributed by atoms with van der Waals surface area (Å²) in [4.78, 5) is 26.2. The lowest BCUT2D eigenvalue weighted by Gasteiger charge is -2.34. The Morgan fingerprint density at radius 3 is 2.48 bits per heavy atom. The van der Waals surface area contributed by atoms with Gasteiger partial charge >= 0.3 is 6.09 Å². The molecule has 0 saturated carbocycles. The quantitative estimate of drug-likeness (QED) is 0.828. The summed E-state index contributed by atoms with van der Waals surface area (Å²) in [6, 6.07) is 5.76. The van der Waals surface area contributed by atoms with Crippen molar-refractivity contribution in [3.8, 4) is 0 Å². The highest BCUT2D eigenvalue weighted by atomic mass is 35.5. The van der Waals surface area contributed by atoms with Crippen LogP contribution in [-0.4, -0.2) is 48.8 Å². The van der Waals surface area contributed by atoms with Gasteiger partial charge in [0.1, 0.15) is 5.60 Å². The van der Waals surface area contributed by atoms with Gasteiger partial charge in [0, 0.05) is 23.7 Å². The lowest BCUT2D eigenvalue weighted by Crippen LogP contribution is -2.57. The van der Waals surface area contributed by atoms with E-state index < -0.39 is 23.4 Å². The zero-order valence-corrected chi connectivity index (χ0v) is 15.2. The van der Waals surface area contributed by atoms with Crippen LogP contribution >= 0.6 is 11.6 Å². The molecule has 1 aliphatic rings. The van der Waals surface area contributed by atoms with E-state index >= 15 is 4.39 Å². The number of nitrogens with zero attached hydrogens (tertiary/aromatic N) is 1. The first-order chi connectivity index (χ1) is 11.6. The minimum absolute atomic E-state index is 0.0673. The van der Waals surface area contributed by atoms with Crippen LogP contribution < -0.4 is 5.32 Å². The molecule has 2 amide bonds. The van der Waals surface area contributed by atoms with Crippen molar-refractivity contribution in [2.45, 2.75) is 32.2 Å². The van der Waals surface area contributed by atoms with Crippen LogP contribution in [0, 0.1) is 0 Å². The molecule has 1 heterocycles. The summed E-state index contributed by atoms with van der Waals surface area (Å²) in [6.45, 7) is 6.04. The topological polar surface area (TPSA) is 67.9 Å². The van der Waals surface area contributed by atoms with Crippen LogP contribution in [0.2, 0.25) is 5.02 Å². The number of carbonyl (C=O) groups is 2. The van der Waals surface area contributed by atoms with Gasteiger partial charge in [-0.3, -0.25) is 10.1 Å². The maximum Gasteiger partial charge on any atom is 0.410 e. The third-order valence-corrected chi connectivity index (χ3v) is 3.72. The fraction of sp³-hybridized carbons (Fsp3) is 0.529. The number of rotatable bonds is 3. The molecule has 1 unspecified atom stereocenters. The van der Waals surface area contributed by atoms with Crippen LogP contribution in [0.4, 0.5) is 9.18 Å². The Morgan fingerprint density at radius 2 is 1.92 bits per heavy atom. The molecule has 1 N–H and O–H groups in total. The van der Waals surface area contributed by atoms with Gasteiger partial charge in [-0.25, -0.2) is 9.18 Å². The number of nitrogens with one attached hydrogen (secondary N) is 1. The van der Waals surface area contributed by atoms with E-state index in [1.807, 2.05) is 0 Å². The van der Waals surface area contributed by atoms with Crippen molar-refractivity contribution < 1.29 is 23.5 Å². The highest BCUT2D eigenvalue weighted by Crippen LogP contribution is 2.29. The van der Waals surface area contributed by atoms with Crippen LogP contribution in [0.3, 0.4) is 0 Å².